The van der Waals surface area contributed by atoms with Gasteiger partial charge in [0.25, 0.3) is 0 Å². The van der Waals surface area contributed by atoms with Crippen molar-refractivity contribution >= 4 is 26.0 Å². The number of sulfonamides is 1. The van der Waals surface area contributed by atoms with Gasteiger partial charge in [0.2, 0.25) is 10.0 Å². The topological polar surface area (TPSA) is 63.4 Å². The minimum absolute atomic E-state index is 0.0214. The highest BCUT2D eigenvalue weighted by atomic mass is 79.9. The number of hydrogen-bond donors (Lipinski definition) is 1. The van der Waals surface area contributed by atoms with Gasteiger partial charge < -0.3 is 5.73 Å². The maximum absolute atomic E-state index is 12.0. The lowest BCUT2D eigenvalue weighted by Crippen LogP contribution is -2.57. The lowest BCUT2D eigenvalue weighted by Gasteiger charge is -2.35. The number of nitrogens with zero attached hydrogens (tertiary/aromatic N) is 1. The van der Waals surface area contributed by atoms with E-state index in [0.717, 1.165) is 4.47 Å². The predicted molar refractivity (Wildman–Crippen MR) is 60.9 cm³/mol. The summed E-state index contributed by atoms with van der Waals surface area (Å²) in [5, 5.41) is 0. The molecule has 0 saturated carbocycles. The number of benzene rings is 1. The van der Waals surface area contributed by atoms with Crippen LogP contribution in [0.1, 0.15) is 0 Å². The highest BCUT2D eigenvalue weighted by Gasteiger charge is 2.34. The van der Waals surface area contributed by atoms with Crippen molar-refractivity contribution in [1.82, 2.24) is 4.31 Å². The zero-order valence-electron chi connectivity index (χ0n) is 7.93. The Hall–Kier alpha value is -0.430. The number of rotatable bonds is 2. The highest BCUT2D eigenvalue weighted by Crippen LogP contribution is 2.23. The molecule has 0 aromatic heterocycles. The highest BCUT2D eigenvalue weighted by molar-refractivity contribution is 9.10. The molecule has 82 valence electrons. The Labute approximate surface area is 97.2 Å². The molecule has 1 aromatic carbocycles. The van der Waals surface area contributed by atoms with Crippen LogP contribution in [0.25, 0.3) is 0 Å². The standard InChI is InChI=1S/C9H11BrN2O2S/c10-7-2-1-3-9(4-7)15(13,14)12-5-8(11)6-12/h1-4,8H,5-6,11H2. The first kappa shape index (κ1) is 11.1. The third kappa shape index (κ3) is 2.08. The molecule has 1 fully saturated rings. The van der Waals surface area contributed by atoms with Crippen molar-refractivity contribution in [1.29, 1.82) is 0 Å². The molecule has 1 heterocycles. The third-order valence-electron chi connectivity index (χ3n) is 2.31. The zero-order chi connectivity index (χ0) is 11.1. The Morgan fingerprint density at radius 2 is 2.07 bits per heavy atom. The van der Waals surface area contributed by atoms with Crippen molar-refractivity contribution < 1.29 is 8.42 Å². The fraction of sp³-hybridized carbons (Fsp3) is 0.333. The number of halogens is 1. The number of hydrogen-bond acceptors (Lipinski definition) is 3. The van der Waals surface area contributed by atoms with Crippen LogP contribution in [0.5, 0.6) is 0 Å². The van der Waals surface area contributed by atoms with Crippen molar-refractivity contribution in [2.75, 3.05) is 13.1 Å². The largest absolute Gasteiger partial charge is 0.325 e. The molecule has 0 amide bonds. The van der Waals surface area contributed by atoms with E-state index in [1.807, 2.05) is 0 Å². The average Bonchev–Trinajstić information content (AvgIpc) is 2.13. The van der Waals surface area contributed by atoms with Crippen molar-refractivity contribution in [2.45, 2.75) is 10.9 Å². The second-order valence-corrected chi connectivity index (χ2v) is 6.39. The summed E-state index contributed by atoms with van der Waals surface area (Å²) in [7, 11) is -3.33. The molecule has 4 nitrogen and oxygen atoms in total. The fourth-order valence-corrected chi connectivity index (χ4v) is 3.59. The predicted octanol–water partition coefficient (Wildman–Crippen LogP) is 0.781. The van der Waals surface area contributed by atoms with Crippen molar-refractivity contribution in [3.05, 3.63) is 28.7 Å². The molecule has 0 spiro atoms. The first-order valence-electron chi connectivity index (χ1n) is 4.51. The van der Waals surface area contributed by atoms with Gasteiger partial charge in [-0.3, -0.25) is 0 Å². The summed E-state index contributed by atoms with van der Waals surface area (Å²) in [6.45, 7) is 0.823. The molecular weight excluding hydrogens is 280 g/mol. The second-order valence-electron chi connectivity index (χ2n) is 3.54. The molecule has 2 rings (SSSR count). The van der Waals surface area contributed by atoms with Gasteiger partial charge in [0.05, 0.1) is 4.90 Å². The normalized spacial score (nSPS) is 18.8. The molecule has 1 saturated heterocycles. The van der Waals surface area contributed by atoms with Gasteiger partial charge in [-0.05, 0) is 18.2 Å². The molecule has 1 aromatic rings. The molecule has 0 unspecified atom stereocenters. The Morgan fingerprint density at radius 1 is 1.40 bits per heavy atom. The zero-order valence-corrected chi connectivity index (χ0v) is 10.3. The lowest BCUT2D eigenvalue weighted by atomic mass is 10.2. The molecule has 0 bridgehead atoms. The van der Waals surface area contributed by atoms with Gasteiger partial charge >= 0.3 is 0 Å². The Morgan fingerprint density at radius 3 is 2.60 bits per heavy atom. The van der Waals surface area contributed by atoms with Gasteiger partial charge in [-0.25, -0.2) is 8.42 Å². The molecule has 1 aliphatic heterocycles. The van der Waals surface area contributed by atoms with Crippen LogP contribution in [0.2, 0.25) is 0 Å². The van der Waals surface area contributed by atoms with Crippen LogP contribution >= 0.6 is 15.9 Å². The van der Waals surface area contributed by atoms with E-state index in [0.29, 0.717) is 18.0 Å². The van der Waals surface area contributed by atoms with E-state index >= 15 is 0 Å². The van der Waals surface area contributed by atoms with Crippen molar-refractivity contribution in [3.63, 3.8) is 0 Å². The van der Waals surface area contributed by atoms with E-state index in [-0.39, 0.29) is 6.04 Å². The first-order valence-corrected chi connectivity index (χ1v) is 6.75. The summed E-state index contributed by atoms with van der Waals surface area (Å²) < 4.78 is 26.1. The maximum atomic E-state index is 12.0. The smallest absolute Gasteiger partial charge is 0.243 e. The van der Waals surface area contributed by atoms with Crippen LogP contribution in [0.15, 0.2) is 33.6 Å². The first-order chi connectivity index (χ1) is 7.00. The minimum atomic E-state index is -3.33. The van der Waals surface area contributed by atoms with Crippen LogP contribution in [0.3, 0.4) is 0 Å². The minimum Gasteiger partial charge on any atom is -0.325 e. The van der Waals surface area contributed by atoms with E-state index in [1.54, 1.807) is 24.3 Å². The van der Waals surface area contributed by atoms with Crippen molar-refractivity contribution in [3.8, 4) is 0 Å². The molecule has 2 N–H and O–H groups in total. The van der Waals surface area contributed by atoms with Gasteiger partial charge in [0.1, 0.15) is 0 Å². The summed E-state index contributed by atoms with van der Waals surface area (Å²) in [6, 6.07) is 6.66. The molecule has 0 aliphatic carbocycles. The summed E-state index contributed by atoms with van der Waals surface area (Å²) in [5.74, 6) is 0. The second kappa shape index (κ2) is 3.86. The summed E-state index contributed by atoms with van der Waals surface area (Å²) >= 11 is 3.25. The molecule has 6 heteroatoms. The van der Waals surface area contributed by atoms with Gasteiger partial charge in [0.15, 0.2) is 0 Å². The molecular formula is C9H11BrN2O2S. The number of nitrogens with two attached hydrogens (primary N) is 1. The molecule has 0 atom stereocenters. The van der Waals surface area contributed by atoms with Crippen LogP contribution in [0, 0.1) is 0 Å². The van der Waals surface area contributed by atoms with Crippen LogP contribution < -0.4 is 5.73 Å². The van der Waals surface area contributed by atoms with E-state index in [1.165, 1.54) is 4.31 Å². The van der Waals surface area contributed by atoms with Gasteiger partial charge in [-0.1, -0.05) is 22.0 Å². The van der Waals surface area contributed by atoms with E-state index in [9.17, 15) is 8.42 Å². The Kier molecular flexibility index (Phi) is 2.85. The van der Waals surface area contributed by atoms with Gasteiger partial charge in [-0.2, -0.15) is 4.31 Å². The van der Waals surface area contributed by atoms with Crippen LogP contribution in [0.4, 0.5) is 0 Å². The average molecular weight is 291 g/mol. The van der Waals surface area contributed by atoms with Gasteiger partial charge in [-0.15, -0.1) is 0 Å². The monoisotopic (exact) mass is 290 g/mol. The SMILES string of the molecule is NC1CN(S(=O)(=O)c2cccc(Br)c2)C1. The quantitative estimate of drug-likeness (QED) is 0.876. The molecule has 0 radical (unpaired) electrons. The summed E-state index contributed by atoms with van der Waals surface area (Å²) in [4.78, 5) is 0.309. The molecule has 1 aliphatic rings. The fourth-order valence-electron chi connectivity index (χ4n) is 1.44. The maximum Gasteiger partial charge on any atom is 0.243 e. The van der Waals surface area contributed by atoms with Crippen molar-refractivity contribution in [2.24, 2.45) is 5.73 Å². The van der Waals surface area contributed by atoms with E-state index in [4.69, 9.17) is 5.73 Å². The Bertz CT molecular complexity index is 469. The van der Waals surface area contributed by atoms with Gasteiger partial charge in [0, 0.05) is 23.6 Å². The van der Waals surface area contributed by atoms with Crippen LogP contribution in [-0.4, -0.2) is 31.9 Å². The summed E-state index contributed by atoms with van der Waals surface area (Å²) in [5.41, 5.74) is 5.56. The Balaban J connectivity index is 2.30. The summed E-state index contributed by atoms with van der Waals surface area (Å²) in [6.07, 6.45) is 0. The van der Waals surface area contributed by atoms with Crippen LogP contribution in [-0.2, 0) is 10.0 Å². The molecule has 15 heavy (non-hydrogen) atoms. The third-order valence-corrected chi connectivity index (χ3v) is 4.63. The lowest BCUT2D eigenvalue weighted by molar-refractivity contribution is 0.265. The van der Waals surface area contributed by atoms with E-state index in [2.05, 4.69) is 15.9 Å². The van der Waals surface area contributed by atoms with E-state index < -0.39 is 10.0 Å².